The average molecular weight is 343 g/mol. The number of rotatable bonds is 4. The SMILES string of the molecule is CCCNc1nc(-c2ccn(C)n2)ncc1I. The minimum atomic E-state index is 0.657. The van der Waals surface area contributed by atoms with Gasteiger partial charge in [0.15, 0.2) is 5.82 Å². The van der Waals surface area contributed by atoms with Gasteiger partial charge >= 0.3 is 0 Å². The van der Waals surface area contributed by atoms with E-state index >= 15 is 0 Å². The van der Waals surface area contributed by atoms with E-state index in [-0.39, 0.29) is 0 Å². The van der Waals surface area contributed by atoms with Crippen molar-refractivity contribution >= 4 is 28.4 Å². The van der Waals surface area contributed by atoms with Crippen molar-refractivity contribution in [3.63, 3.8) is 0 Å². The van der Waals surface area contributed by atoms with Gasteiger partial charge in [0.1, 0.15) is 11.5 Å². The predicted molar refractivity (Wildman–Crippen MR) is 75.7 cm³/mol. The molecule has 5 nitrogen and oxygen atoms in total. The standard InChI is InChI=1S/C11H14IN5/c1-3-5-13-10-8(12)7-14-11(15-10)9-4-6-17(2)16-9/h4,6-7H,3,5H2,1-2H3,(H,13,14,15). The maximum absolute atomic E-state index is 4.49. The molecule has 0 fully saturated rings. The first-order valence-electron chi connectivity index (χ1n) is 5.47. The maximum atomic E-state index is 4.49. The molecule has 0 bridgehead atoms. The van der Waals surface area contributed by atoms with Crippen LogP contribution in [0.25, 0.3) is 11.5 Å². The minimum absolute atomic E-state index is 0.657. The Bertz CT molecular complexity index is 508. The molecule has 0 unspecified atom stereocenters. The molecule has 0 aliphatic carbocycles. The highest BCUT2D eigenvalue weighted by Crippen LogP contribution is 2.19. The van der Waals surface area contributed by atoms with Crippen molar-refractivity contribution in [2.75, 3.05) is 11.9 Å². The van der Waals surface area contributed by atoms with Crippen LogP contribution in [-0.2, 0) is 7.05 Å². The lowest BCUT2D eigenvalue weighted by Gasteiger charge is -2.06. The Hall–Kier alpha value is -1.18. The topological polar surface area (TPSA) is 55.6 Å². The van der Waals surface area contributed by atoms with Gasteiger partial charge in [-0.3, -0.25) is 4.68 Å². The first-order chi connectivity index (χ1) is 8.20. The fraction of sp³-hybridized carbons (Fsp3) is 0.364. The van der Waals surface area contributed by atoms with Crippen LogP contribution in [0.5, 0.6) is 0 Å². The molecule has 0 amide bonds. The Morgan fingerprint density at radius 3 is 2.94 bits per heavy atom. The fourth-order valence-electron chi connectivity index (χ4n) is 1.39. The molecule has 6 heteroatoms. The molecule has 2 aromatic heterocycles. The highest BCUT2D eigenvalue weighted by Gasteiger charge is 2.08. The van der Waals surface area contributed by atoms with Gasteiger partial charge in [-0.2, -0.15) is 5.10 Å². The molecule has 0 aliphatic heterocycles. The zero-order valence-electron chi connectivity index (χ0n) is 9.81. The van der Waals surface area contributed by atoms with Gasteiger partial charge in [0.05, 0.1) is 3.57 Å². The van der Waals surface area contributed by atoms with E-state index in [4.69, 9.17) is 0 Å². The smallest absolute Gasteiger partial charge is 0.182 e. The van der Waals surface area contributed by atoms with E-state index in [1.165, 1.54) is 0 Å². The van der Waals surface area contributed by atoms with Gasteiger partial charge in [-0.25, -0.2) is 9.97 Å². The van der Waals surface area contributed by atoms with Crippen molar-refractivity contribution in [3.8, 4) is 11.5 Å². The Kier molecular flexibility index (Phi) is 3.93. The normalized spacial score (nSPS) is 10.5. The summed E-state index contributed by atoms with van der Waals surface area (Å²) in [6.07, 6.45) is 4.77. The Balaban J connectivity index is 2.30. The third kappa shape index (κ3) is 2.93. The molecule has 2 aromatic rings. The molecule has 0 saturated carbocycles. The van der Waals surface area contributed by atoms with E-state index in [1.807, 2.05) is 25.5 Å². The Morgan fingerprint density at radius 1 is 1.47 bits per heavy atom. The lowest BCUT2D eigenvalue weighted by Crippen LogP contribution is -2.05. The summed E-state index contributed by atoms with van der Waals surface area (Å²) in [6.45, 7) is 3.04. The maximum Gasteiger partial charge on any atom is 0.182 e. The summed E-state index contributed by atoms with van der Waals surface area (Å²) in [5.74, 6) is 1.53. The van der Waals surface area contributed by atoms with Crippen molar-refractivity contribution < 1.29 is 0 Å². The van der Waals surface area contributed by atoms with E-state index in [9.17, 15) is 0 Å². The van der Waals surface area contributed by atoms with Crippen LogP contribution < -0.4 is 5.32 Å². The molecule has 1 N–H and O–H groups in total. The molecular formula is C11H14IN5. The largest absolute Gasteiger partial charge is 0.369 e. The number of hydrogen-bond donors (Lipinski definition) is 1. The fourth-order valence-corrected chi connectivity index (χ4v) is 1.84. The van der Waals surface area contributed by atoms with Gasteiger partial charge in [0, 0.05) is 26.0 Å². The van der Waals surface area contributed by atoms with Crippen LogP contribution >= 0.6 is 22.6 Å². The summed E-state index contributed by atoms with van der Waals surface area (Å²) in [6, 6.07) is 1.91. The van der Waals surface area contributed by atoms with E-state index in [1.54, 1.807) is 4.68 Å². The number of hydrogen-bond acceptors (Lipinski definition) is 4. The van der Waals surface area contributed by atoms with Crippen LogP contribution in [-0.4, -0.2) is 26.3 Å². The van der Waals surface area contributed by atoms with Crippen molar-refractivity contribution in [1.82, 2.24) is 19.7 Å². The third-order valence-corrected chi connectivity index (χ3v) is 3.02. The van der Waals surface area contributed by atoms with Crippen molar-refractivity contribution in [2.45, 2.75) is 13.3 Å². The average Bonchev–Trinajstić information content (AvgIpc) is 2.75. The lowest BCUT2D eigenvalue weighted by molar-refractivity contribution is 0.768. The predicted octanol–water partition coefficient (Wildman–Crippen LogP) is 2.30. The molecule has 2 rings (SSSR count). The van der Waals surface area contributed by atoms with Gasteiger partial charge < -0.3 is 5.32 Å². The summed E-state index contributed by atoms with van der Waals surface area (Å²) in [7, 11) is 1.88. The number of aromatic nitrogens is 4. The number of halogens is 1. The third-order valence-electron chi connectivity index (χ3n) is 2.23. The first kappa shape index (κ1) is 12.3. The van der Waals surface area contributed by atoms with Crippen LogP contribution in [0.1, 0.15) is 13.3 Å². The van der Waals surface area contributed by atoms with E-state index in [2.05, 4.69) is 49.9 Å². The molecule has 0 aliphatic rings. The first-order valence-corrected chi connectivity index (χ1v) is 6.55. The monoisotopic (exact) mass is 343 g/mol. The van der Waals surface area contributed by atoms with Crippen molar-refractivity contribution in [2.24, 2.45) is 7.05 Å². The molecule has 90 valence electrons. The number of nitrogens with zero attached hydrogens (tertiary/aromatic N) is 4. The van der Waals surface area contributed by atoms with Gasteiger partial charge in [-0.1, -0.05) is 6.92 Å². The second-order valence-corrected chi connectivity index (χ2v) is 4.85. The van der Waals surface area contributed by atoms with Crippen molar-refractivity contribution in [1.29, 1.82) is 0 Å². The summed E-state index contributed by atoms with van der Waals surface area (Å²) >= 11 is 2.23. The highest BCUT2D eigenvalue weighted by molar-refractivity contribution is 14.1. The Labute approximate surface area is 114 Å². The van der Waals surface area contributed by atoms with Gasteiger partial charge in [-0.15, -0.1) is 0 Å². The summed E-state index contributed by atoms with van der Waals surface area (Å²) in [5.41, 5.74) is 0.795. The lowest BCUT2D eigenvalue weighted by atomic mass is 10.4. The zero-order valence-corrected chi connectivity index (χ0v) is 12.0. The highest BCUT2D eigenvalue weighted by atomic mass is 127. The molecule has 0 spiro atoms. The molecular weight excluding hydrogens is 329 g/mol. The molecule has 0 saturated heterocycles. The van der Waals surface area contributed by atoms with Gasteiger partial charge in [0.2, 0.25) is 0 Å². The quantitative estimate of drug-likeness (QED) is 0.866. The molecule has 0 atom stereocenters. The van der Waals surface area contributed by atoms with Crippen LogP contribution in [0.3, 0.4) is 0 Å². The molecule has 2 heterocycles. The molecule has 0 aromatic carbocycles. The van der Waals surface area contributed by atoms with Crippen molar-refractivity contribution in [3.05, 3.63) is 22.0 Å². The number of nitrogens with one attached hydrogen (secondary N) is 1. The van der Waals surface area contributed by atoms with E-state index in [0.717, 1.165) is 28.0 Å². The second kappa shape index (κ2) is 5.44. The van der Waals surface area contributed by atoms with Gasteiger partial charge in [0.25, 0.3) is 0 Å². The van der Waals surface area contributed by atoms with Gasteiger partial charge in [-0.05, 0) is 35.1 Å². The number of aryl methyl sites for hydroxylation is 1. The van der Waals surface area contributed by atoms with Crippen LogP contribution in [0.2, 0.25) is 0 Å². The minimum Gasteiger partial charge on any atom is -0.369 e. The zero-order chi connectivity index (χ0) is 12.3. The number of anilines is 1. The molecule has 0 radical (unpaired) electrons. The second-order valence-electron chi connectivity index (χ2n) is 3.69. The van der Waals surface area contributed by atoms with Crippen LogP contribution in [0, 0.1) is 3.57 Å². The Morgan fingerprint density at radius 2 is 2.29 bits per heavy atom. The van der Waals surface area contributed by atoms with E-state index < -0.39 is 0 Å². The summed E-state index contributed by atoms with van der Waals surface area (Å²) in [4.78, 5) is 8.78. The van der Waals surface area contributed by atoms with Crippen LogP contribution in [0.15, 0.2) is 18.5 Å². The van der Waals surface area contributed by atoms with Crippen LogP contribution in [0.4, 0.5) is 5.82 Å². The van der Waals surface area contributed by atoms with E-state index in [0.29, 0.717) is 5.82 Å². The summed E-state index contributed by atoms with van der Waals surface area (Å²) < 4.78 is 2.77. The summed E-state index contributed by atoms with van der Waals surface area (Å²) in [5, 5.41) is 7.58. The molecule has 17 heavy (non-hydrogen) atoms.